The molecule has 2 aromatic rings. The van der Waals surface area contributed by atoms with Crippen molar-refractivity contribution in [3.8, 4) is 0 Å². The molecule has 1 aromatic heterocycles. The van der Waals surface area contributed by atoms with Gasteiger partial charge in [-0.1, -0.05) is 18.2 Å². The number of carbonyl (C=O) groups excluding carboxylic acids is 1. The normalized spacial score (nSPS) is 19.9. The molecule has 1 fully saturated rings. The first kappa shape index (κ1) is 16.0. The molecule has 0 unspecified atom stereocenters. The number of amides is 1. The van der Waals surface area contributed by atoms with Crippen LogP contribution >= 0.6 is 0 Å². The summed E-state index contributed by atoms with van der Waals surface area (Å²) in [6.07, 6.45) is 0. The van der Waals surface area contributed by atoms with Gasteiger partial charge in [0.15, 0.2) is 0 Å². The molecule has 0 spiro atoms. The smallest absolute Gasteiger partial charge is 0.239 e. The standard InChI is InChI=1S/C17H25N5O/c1-17(2,19-16(23)14-11-18-9-10-21(14)3)15-12-7-5-6-8-13(12)22(4)20-15/h5-8,14,18H,9-11H2,1-4H3,(H,19,23)/t14-/m0/s1. The van der Waals surface area contributed by atoms with E-state index in [1.54, 1.807) is 0 Å². The number of benzene rings is 1. The van der Waals surface area contributed by atoms with Crippen molar-refractivity contribution in [1.29, 1.82) is 0 Å². The molecule has 3 rings (SSSR count). The van der Waals surface area contributed by atoms with Crippen molar-refractivity contribution in [2.75, 3.05) is 26.7 Å². The molecule has 1 amide bonds. The van der Waals surface area contributed by atoms with Gasteiger partial charge in [-0.05, 0) is 27.0 Å². The molecule has 2 heterocycles. The lowest BCUT2D eigenvalue weighted by Crippen LogP contribution is -2.58. The van der Waals surface area contributed by atoms with E-state index in [4.69, 9.17) is 0 Å². The fourth-order valence-electron chi connectivity index (χ4n) is 3.22. The predicted octanol–water partition coefficient (Wildman–Crippen LogP) is 0.828. The number of aromatic nitrogens is 2. The van der Waals surface area contributed by atoms with Crippen molar-refractivity contribution in [3.63, 3.8) is 0 Å². The van der Waals surface area contributed by atoms with Crippen LogP contribution in [-0.2, 0) is 17.4 Å². The van der Waals surface area contributed by atoms with Crippen LogP contribution in [0.5, 0.6) is 0 Å². The fraction of sp³-hybridized carbons (Fsp3) is 0.529. The maximum absolute atomic E-state index is 12.7. The minimum atomic E-state index is -0.532. The van der Waals surface area contributed by atoms with E-state index >= 15 is 0 Å². The summed E-state index contributed by atoms with van der Waals surface area (Å²) in [6, 6.07) is 7.97. The molecular formula is C17H25N5O. The molecule has 1 saturated heterocycles. The van der Waals surface area contributed by atoms with Crippen molar-refractivity contribution >= 4 is 16.8 Å². The van der Waals surface area contributed by atoms with Crippen molar-refractivity contribution in [2.45, 2.75) is 25.4 Å². The number of nitrogens with zero attached hydrogens (tertiary/aromatic N) is 3. The first-order valence-electron chi connectivity index (χ1n) is 8.05. The molecule has 0 bridgehead atoms. The van der Waals surface area contributed by atoms with Gasteiger partial charge in [0.05, 0.1) is 16.7 Å². The van der Waals surface area contributed by atoms with E-state index < -0.39 is 5.54 Å². The third kappa shape index (κ3) is 2.96. The number of likely N-dealkylation sites (N-methyl/N-ethyl adjacent to an activating group) is 1. The highest BCUT2D eigenvalue weighted by molar-refractivity contribution is 5.86. The van der Waals surface area contributed by atoms with Gasteiger partial charge >= 0.3 is 0 Å². The molecule has 1 aliphatic rings. The molecule has 124 valence electrons. The van der Waals surface area contributed by atoms with Gasteiger partial charge in [-0.15, -0.1) is 0 Å². The van der Waals surface area contributed by atoms with Gasteiger partial charge in [-0.3, -0.25) is 14.4 Å². The number of para-hydroxylation sites is 1. The van der Waals surface area contributed by atoms with E-state index in [1.165, 1.54) is 0 Å². The molecule has 0 aliphatic carbocycles. The summed E-state index contributed by atoms with van der Waals surface area (Å²) in [6.45, 7) is 6.51. The average molecular weight is 315 g/mol. The molecule has 23 heavy (non-hydrogen) atoms. The predicted molar refractivity (Wildman–Crippen MR) is 91.2 cm³/mol. The molecular weight excluding hydrogens is 290 g/mol. The second-order valence-electron chi connectivity index (χ2n) is 6.80. The van der Waals surface area contributed by atoms with Crippen molar-refractivity contribution in [3.05, 3.63) is 30.0 Å². The number of carbonyl (C=O) groups is 1. The van der Waals surface area contributed by atoms with Crippen LogP contribution in [0.4, 0.5) is 0 Å². The van der Waals surface area contributed by atoms with Crippen LogP contribution in [0.15, 0.2) is 24.3 Å². The molecule has 1 atom stereocenters. The lowest BCUT2D eigenvalue weighted by molar-refractivity contribution is -0.128. The molecule has 2 N–H and O–H groups in total. The van der Waals surface area contributed by atoms with Gasteiger partial charge in [0.25, 0.3) is 0 Å². The first-order valence-corrected chi connectivity index (χ1v) is 8.05. The molecule has 0 saturated carbocycles. The Hall–Kier alpha value is -1.92. The number of hydrogen-bond acceptors (Lipinski definition) is 4. The topological polar surface area (TPSA) is 62.2 Å². The number of hydrogen-bond donors (Lipinski definition) is 2. The molecule has 0 radical (unpaired) electrons. The lowest BCUT2D eigenvalue weighted by atomic mass is 9.96. The largest absolute Gasteiger partial charge is 0.344 e. The number of nitrogens with one attached hydrogen (secondary N) is 2. The van der Waals surface area contributed by atoms with Gasteiger partial charge < -0.3 is 10.6 Å². The van der Waals surface area contributed by atoms with E-state index in [0.29, 0.717) is 6.54 Å². The summed E-state index contributed by atoms with van der Waals surface area (Å²) >= 11 is 0. The molecule has 6 nitrogen and oxygen atoms in total. The highest BCUT2D eigenvalue weighted by Crippen LogP contribution is 2.27. The lowest BCUT2D eigenvalue weighted by Gasteiger charge is -2.35. The van der Waals surface area contributed by atoms with Crippen LogP contribution in [0.3, 0.4) is 0 Å². The Morgan fingerprint density at radius 3 is 2.83 bits per heavy atom. The van der Waals surface area contributed by atoms with Crippen LogP contribution in [0.25, 0.3) is 10.9 Å². The monoisotopic (exact) mass is 315 g/mol. The van der Waals surface area contributed by atoms with Gasteiger partial charge in [0.1, 0.15) is 6.04 Å². The third-order valence-corrected chi connectivity index (χ3v) is 4.60. The SMILES string of the molecule is CN1CCNC[C@H]1C(=O)NC(C)(C)c1nn(C)c2ccccc12. The second-order valence-corrected chi connectivity index (χ2v) is 6.80. The van der Waals surface area contributed by atoms with E-state index in [9.17, 15) is 4.79 Å². The number of piperazine rings is 1. The first-order chi connectivity index (χ1) is 10.9. The summed E-state index contributed by atoms with van der Waals surface area (Å²) in [5, 5.41) is 12.2. The van der Waals surface area contributed by atoms with Crippen LogP contribution < -0.4 is 10.6 Å². The highest BCUT2D eigenvalue weighted by Gasteiger charge is 2.33. The average Bonchev–Trinajstić information content (AvgIpc) is 2.86. The second kappa shape index (κ2) is 5.94. The fourth-order valence-corrected chi connectivity index (χ4v) is 3.22. The van der Waals surface area contributed by atoms with Gasteiger partial charge in [0, 0.05) is 32.1 Å². The van der Waals surface area contributed by atoms with E-state index in [1.807, 2.05) is 50.8 Å². The van der Waals surface area contributed by atoms with Crippen LogP contribution in [0.2, 0.25) is 0 Å². The zero-order valence-electron chi connectivity index (χ0n) is 14.3. The summed E-state index contributed by atoms with van der Waals surface area (Å²) in [5.74, 6) is 0.0411. The van der Waals surface area contributed by atoms with E-state index in [0.717, 1.165) is 29.7 Å². The maximum atomic E-state index is 12.7. The minimum Gasteiger partial charge on any atom is -0.344 e. The number of rotatable bonds is 3. The zero-order valence-corrected chi connectivity index (χ0v) is 14.3. The third-order valence-electron chi connectivity index (χ3n) is 4.60. The Kier molecular flexibility index (Phi) is 4.12. The Morgan fingerprint density at radius 1 is 1.35 bits per heavy atom. The van der Waals surface area contributed by atoms with Gasteiger partial charge in [-0.2, -0.15) is 5.10 Å². The molecule has 6 heteroatoms. The highest BCUT2D eigenvalue weighted by atomic mass is 16.2. The Labute approximate surface area is 136 Å². The summed E-state index contributed by atoms with van der Waals surface area (Å²) in [5.41, 5.74) is 1.44. The Balaban J connectivity index is 1.87. The maximum Gasteiger partial charge on any atom is 0.239 e. The van der Waals surface area contributed by atoms with E-state index in [-0.39, 0.29) is 11.9 Å². The van der Waals surface area contributed by atoms with Crippen molar-refractivity contribution in [2.24, 2.45) is 7.05 Å². The van der Waals surface area contributed by atoms with Crippen LogP contribution in [0, 0.1) is 0 Å². The van der Waals surface area contributed by atoms with Gasteiger partial charge in [-0.25, -0.2) is 0 Å². The minimum absolute atomic E-state index is 0.0411. The summed E-state index contributed by atoms with van der Waals surface area (Å²) < 4.78 is 1.87. The summed E-state index contributed by atoms with van der Waals surface area (Å²) in [7, 11) is 3.93. The van der Waals surface area contributed by atoms with Crippen molar-refractivity contribution in [1.82, 2.24) is 25.3 Å². The molecule has 1 aromatic carbocycles. The van der Waals surface area contributed by atoms with Crippen LogP contribution in [-0.4, -0.2) is 53.3 Å². The summed E-state index contributed by atoms with van der Waals surface area (Å²) in [4.78, 5) is 14.8. The Morgan fingerprint density at radius 2 is 2.09 bits per heavy atom. The van der Waals surface area contributed by atoms with Crippen LogP contribution in [0.1, 0.15) is 19.5 Å². The number of aryl methyl sites for hydroxylation is 1. The zero-order chi connectivity index (χ0) is 16.6. The van der Waals surface area contributed by atoms with Gasteiger partial charge in [0.2, 0.25) is 5.91 Å². The molecule has 1 aliphatic heterocycles. The Bertz CT molecular complexity index is 721. The van der Waals surface area contributed by atoms with E-state index in [2.05, 4.69) is 26.7 Å². The quantitative estimate of drug-likeness (QED) is 0.881. The number of fused-ring (bicyclic) bond motifs is 1. The van der Waals surface area contributed by atoms with Crippen molar-refractivity contribution < 1.29 is 4.79 Å².